The summed E-state index contributed by atoms with van der Waals surface area (Å²) in [4.78, 5) is 12.8. The molecule has 0 unspecified atom stereocenters. The van der Waals surface area contributed by atoms with Gasteiger partial charge in [0.1, 0.15) is 11.5 Å². The van der Waals surface area contributed by atoms with Gasteiger partial charge in [-0.3, -0.25) is 4.79 Å². The molecule has 3 aromatic rings. The van der Waals surface area contributed by atoms with Crippen molar-refractivity contribution in [2.75, 3.05) is 13.2 Å². The largest absolute Gasteiger partial charge is 0.376 e. The predicted molar refractivity (Wildman–Crippen MR) is 104 cm³/mol. The maximum Gasteiger partial charge on any atom is 0.268 e. The van der Waals surface area contributed by atoms with Gasteiger partial charge >= 0.3 is 0 Å². The smallest absolute Gasteiger partial charge is 0.268 e. The number of carbonyl (C=O) groups excluding carboxylic acids is 1. The molecule has 0 saturated carbocycles. The quantitative estimate of drug-likeness (QED) is 0.636. The van der Waals surface area contributed by atoms with E-state index in [0.717, 1.165) is 39.0 Å². The highest BCUT2D eigenvalue weighted by Crippen LogP contribution is 2.33. The Balaban J connectivity index is 1.61. The van der Waals surface area contributed by atoms with Crippen LogP contribution in [0.1, 0.15) is 28.9 Å². The number of thiophene rings is 1. The summed E-state index contributed by atoms with van der Waals surface area (Å²) in [5.41, 5.74) is 2.55. The van der Waals surface area contributed by atoms with Crippen molar-refractivity contribution in [3.63, 3.8) is 0 Å². The molecular formula is C19H18BrFN2O2S. The van der Waals surface area contributed by atoms with Gasteiger partial charge in [0.2, 0.25) is 0 Å². The monoisotopic (exact) mass is 436 g/mol. The Morgan fingerprint density at radius 3 is 2.88 bits per heavy atom. The van der Waals surface area contributed by atoms with Crippen LogP contribution in [0.3, 0.4) is 0 Å². The van der Waals surface area contributed by atoms with E-state index >= 15 is 0 Å². The van der Waals surface area contributed by atoms with E-state index in [-0.39, 0.29) is 17.8 Å². The predicted octanol–water partition coefficient (Wildman–Crippen LogP) is 4.56. The molecule has 4 rings (SSSR count). The molecule has 1 saturated heterocycles. The summed E-state index contributed by atoms with van der Waals surface area (Å²) in [7, 11) is 0. The number of hydrogen-bond donors (Lipinski definition) is 1. The van der Waals surface area contributed by atoms with Crippen LogP contribution in [-0.4, -0.2) is 29.7 Å². The lowest BCUT2D eigenvalue weighted by molar-refractivity contribution is 0.0851. The maximum absolute atomic E-state index is 13.2. The van der Waals surface area contributed by atoms with Gasteiger partial charge in [-0.25, -0.2) is 4.39 Å². The van der Waals surface area contributed by atoms with Crippen molar-refractivity contribution in [1.29, 1.82) is 0 Å². The van der Waals surface area contributed by atoms with Gasteiger partial charge < -0.3 is 14.6 Å². The number of ether oxygens (including phenoxy) is 1. The highest BCUT2D eigenvalue weighted by Gasteiger charge is 2.20. The van der Waals surface area contributed by atoms with Crippen molar-refractivity contribution >= 4 is 43.4 Å². The zero-order valence-corrected chi connectivity index (χ0v) is 16.4. The molecule has 1 aliphatic heterocycles. The van der Waals surface area contributed by atoms with Crippen LogP contribution in [0.2, 0.25) is 0 Å². The first-order chi connectivity index (χ1) is 12.6. The fourth-order valence-corrected chi connectivity index (χ4v) is 4.81. The summed E-state index contributed by atoms with van der Waals surface area (Å²) in [5.74, 6) is -0.374. The molecule has 3 heterocycles. The lowest BCUT2D eigenvalue weighted by Crippen LogP contribution is -2.33. The fourth-order valence-electron chi connectivity index (χ4n) is 3.24. The summed E-state index contributed by atoms with van der Waals surface area (Å²) >= 11 is 5.10. The summed E-state index contributed by atoms with van der Waals surface area (Å²) in [6.07, 6.45) is 2.14. The first-order valence-electron chi connectivity index (χ1n) is 8.53. The fraction of sp³-hybridized carbons (Fsp3) is 0.316. The third-order valence-electron chi connectivity index (χ3n) is 4.56. The molecule has 1 atom stereocenters. The van der Waals surface area contributed by atoms with Gasteiger partial charge in [-0.15, -0.1) is 11.3 Å². The molecule has 26 heavy (non-hydrogen) atoms. The summed E-state index contributed by atoms with van der Waals surface area (Å²) < 4.78 is 22.8. The zero-order chi connectivity index (χ0) is 18.1. The van der Waals surface area contributed by atoms with E-state index in [1.807, 2.05) is 16.7 Å². The minimum absolute atomic E-state index is 0.106. The standard InChI is InChI=1S/C19H18BrFN2O2S/c20-18-9-15-17(26-18)8-16(19(24)22-10-14-2-1-7-25-14)23(15)11-12-3-5-13(21)6-4-12/h3-6,8-9,14H,1-2,7,10-11H2,(H,22,24)/t14-/m1/s1. The number of fused-ring (bicyclic) bond motifs is 1. The van der Waals surface area contributed by atoms with E-state index in [1.54, 1.807) is 23.5 Å². The minimum Gasteiger partial charge on any atom is -0.376 e. The van der Waals surface area contributed by atoms with Crippen molar-refractivity contribution in [1.82, 2.24) is 9.88 Å². The SMILES string of the molecule is O=C(NC[C@H]1CCCO1)c1cc2sc(Br)cc2n1Cc1ccc(F)cc1. The van der Waals surface area contributed by atoms with Crippen molar-refractivity contribution in [2.24, 2.45) is 0 Å². The van der Waals surface area contributed by atoms with Crippen LogP contribution in [0.25, 0.3) is 10.2 Å². The Hall–Kier alpha value is -1.70. The maximum atomic E-state index is 13.2. The number of aromatic nitrogens is 1. The molecule has 2 aromatic heterocycles. The number of halogens is 2. The topological polar surface area (TPSA) is 43.3 Å². The lowest BCUT2D eigenvalue weighted by Gasteiger charge is -2.13. The molecule has 0 bridgehead atoms. The molecule has 1 aliphatic rings. The van der Waals surface area contributed by atoms with E-state index in [4.69, 9.17) is 4.74 Å². The summed E-state index contributed by atoms with van der Waals surface area (Å²) in [6, 6.07) is 10.3. The van der Waals surface area contributed by atoms with Crippen LogP contribution in [0, 0.1) is 5.82 Å². The van der Waals surface area contributed by atoms with Crippen molar-refractivity contribution in [3.05, 3.63) is 57.3 Å². The van der Waals surface area contributed by atoms with Crippen LogP contribution in [0.5, 0.6) is 0 Å². The van der Waals surface area contributed by atoms with E-state index in [2.05, 4.69) is 21.2 Å². The minimum atomic E-state index is -0.265. The number of nitrogens with zero attached hydrogens (tertiary/aromatic N) is 1. The Kier molecular flexibility index (Phi) is 5.11. The first-order valence-corrected chi connectivity index (χ1v) is 10.1. The van der Waals surface area contributed by atoms with Gasteiger partial charge in [-0.1, -0.05) is 12.1 Å². The third-order valence-corrected chi connectivity index (χ3v) is 6.13. The van der Waals surface area contributed by atoms with Crippen LogP contribution in [-0.2, 0) is 11.3 Å². The molecule has 0 radical (unpaired) electrons. The third kappa shape index (κ3) is 3.70. The van der Waals surface area contributed by atoms with Gasteiger partial charge in [0, 0.05) is 19.7 Å². The number of rotatable bonds is 5. The zero-order valence-electron chi connectivity index (χ0n) is 14.0. The number of nitrogens with one attached hydrogen (secondary N) is 1. The normalized spacial score (nSPS) is 17.1. The highest BCUT2D eigenvalue weighted by molar-refractivity contribution is 9.11. The Morgan fingerprint density at radius 1 is 1.35 bits per heavy atom. The Bertz CT molecular complexity index is 929. The van der Waals surface area contributed by atoms with Gasteiger partial charge in [-0.05, 0) is 58.6 Å². The number of carbonyl (C=O) groups is 1. The molecule has 0 aliphatic carbocycles. The van der Waals surface area contributed by atoms with E-state index in [1.165, 1.54) is 12.1 Å². The van der Waals surface area contributed by atoms with E-state index < -0.39 is 0 Å². The lowest BCUT2D eigenvalue weighted by atomic mass is 10.2. The number of amides is 1. The highest BCUT2D eigenvalue weighted by atomic mass is 79.9. The molecule has 1 aromatic carbocycles. The van der Waals surface area contributed by atoms with E-state index in [9.17, 15) is 9.18 Å². The van der Waals surface area contributed by atoms with Crippen molar-refractivity contribution < 1.29 is 13.9 Å². The second-order valence-corrected chi connectivity index (χ2v) is 8.85. The number of hydrogen-bond acceptors (Lipinski definition) is 3. The molecule has 1 amide bonds. The Morgan fingerprint density at radius 2 is 2.15 bits per heavy atom. The van der Waals surface area contributed by atoms with Gasteiger partial charge in [0.25, 0.3) is 5.91 Å². The molecular weight excluding hydrogens is 419 g/mol. The van der Waals surface area contributed by atoms with Crippen LogP contribution in [0.15, 0.2) is 40.2 Å². The molecule has 136 valence electrons. The molecule has 1 fully saturated rings. The summed E-state index contributed by atoms with van der Waals surface area (Å²) in [5, 5.41) is 2.99. The molecule has 0 spiro atoms. The van der Waals surface area contributed by atoms with Crippen LogP contribution < -0.4 is 5.32 Å². The average Bonchev–Trinajstić information content (AvgIpc) is 3.32. The number of benzene rings is 1. The van der Waals surface area contributed by atoms with Crippen molar-refractivity contribution in [3.8, 4) is 0 Å². The average molecular weight is 437 g/mol. The molecule has 7 heteroatoms. The van der Waals surface area contributed by atoms with Gasteiger partial charge in [0.15, 0.2) is 0 Å². The molecule has 1 N–H and O–H groups in total. The van der Waals surface area contributed by atoms with Crippen molar-refractivity contribution in [2.45, 2.75) is 25.5 Å². The summed E-state index contributed by atoms with van der Waals surface area (Å²) in [6.45, 7) is 1.80. The second-order valence-electron chi connectivity index (χ2n) is 6.39. The van der Waals surface area contributed by atoms with Crippen LogP contribution in [0.4, 0.5) is 4.39 Å². The second kappa shape index (κ2) is 7.50. The van der Waals surface area contributed by atoms with Gasteiger partial charge in [-0.2, -0.15) is 0 Å². The van der Waals surface area contributed by atoms with Crippen LogP contribution >= 0.6 is 27.3 Å². The van der Waals surface area contributed by atoms with Gasteiger partial charge in [0.05, 0.1) is 20.1 Å². The Labute approximate surface area is 163 Å². The first kappa shape index (κ1) is 17.7. The molecule has 4 nitrogen and oxygen atoms in total. The van der Waals surface area contributed by atoms with E-state index in [0.29, 0.717) is 18.8 Å².